The maximum absolute atomic E-state index is 9.11. The van der Waals surface area contributed by atoms with Crippen LogP contribution in [-0.4, -0.2) is 13.3 Å². The van der Waals surface area contributed by atoms with Crippen molar-refractivity contribution < 1.29 is 14.3 Å². The molecular weight excluding hydrogens is 479 g/mol. The van der Waals surface area contributed by atoms with Crippen LogP contribution in [0.15, 0.2) is 71.9 Å². The molecule has 0 bridgehead atoms. The molecule has 0 aliphatic carbocycles. The summed E-state index contributed by atoms with van der Waals surface area (Å²) >= 11 is 2.21. The molecule has 0 N–H and O–H groups in total. The van der Waals surface area contributed by atoms with Crippen molar-refractivity contribution in [2.24, 2.45) is 5.16 Å². The largest absolute Gasteiger partial charge is 0.493 e. The van der Waals surface area contributed by atoms with E-state index in [0.29, 0.717) is 23.7 Å². The van der Waals surface area contributed by atoms with Crippen molar-refractivity contribution in [2.75, 3.05) is 7.11 Å². The average molecular weight is 498 g/mol. The fourth-order valence-electron chi connectivity index (χ4n) is 2.64. The summed E-state index contributed by atoms with van der Waals surface area (Å²) in [5.41, 5.74) is 3.29. The molecule has 3 aromatic carbocycles. The molecule has 0 fully saturated rings. The SMILES string of the molecule is COc1cc(/C=N\OCc2ccccc2C#N)cc(I)c1OCc1ccccc1. The fourth-order valence-corrected chi connectivity index (χ4v) is 3.43. The molecule has 3 rings (SSSR count). The van der Waals surface area contributed by atoms with E-state index in [4.69, 9.17) is 19.6 Å². The minimum Gasteiger partial charge on any atom is -0.493 e. The molecule has 146 valence electrons. The molecule has 29 heavy (non-hydrogen) atoms. The first-order valence-corrected chi connectivity index (χ1v) is 9.96. The Morgan fingerprint density at radius 2 is 1.79 bits per heavy atom. The number of nitriles is 1. The monoisotopic (exact) mass is 498 g/mol. The molecule has 0 saturated carbocycles. The van der Waals surface area contributed by atoms with E-state index in [2.05, 4.69) is 33.8 Å². The molecule has 0 saturated heterocycles. The number of nitrogens with zero attached hydrogens (tertiary/aromatic N) is 2. The Bertz CT molecular complexity index is 1030. The van der Waals surface area contributed by atoms with Gasteiger partial charge >= 0.3 is 0 Å². The number of hydrogen-bond donors (Lipinski definition) is 0. The summed E-state index contributed by atoms with van der Waals surface area (Å²) in [7, 11) is 1.61. The third kappa shape index (κ3) is 5.72. The predicted octanol–water partition coefficient (Wildman–Crippen LogP) is 5.30. The maximum Gasteiger partial charge on any atom is 0.174 e. The van der Waals surface area contributed by atoms with Crippen LogP contribution in [0.5, 0.6) is 11.5 Å². The van der Waals surface area contributed by atoms with Crippen LogP contribution in [0.1, 0.15) is 22.3 Å². The number of oxime groups is 1. The Morgan fingerprint density at radius 1 is 1.03 bits per heavy atom. The number of rotatable bonds is 8. The lowest BCUT2D eigenvalue weighted by Crippen LogP contribution is -2.00. The van der Waals surface area contributed by atoms with Gasteiger partial charge in [-0.1, -0.05) is 53.7 Å². The number of benzene rings is 3. The van der Waals surface area contributed by atoms with E-state index in [0.717, 1.165) is 20.3 Å². The van der Waals surface area contributed by atoms with Crippen LogP contribution < -0.4 is 9.47 Å². The van der Waals surface area contributed by atoms with Gasteiger partial charge in [0.1, 0.15) is 13.2 Å². The smallest absolute Gasteiger partial charge is 0.174 e. The molecule has 5 nitrogen and oxygen atoms in total. The molecule has 0 amide bonds. The van der Waals surface area contributed by atoms with Gasteiger partial charge in [0, 0.05) is 11.1 Å². The van der Waals surface area contributed by atoms with E-state index in [-0.39, 0.29) is 6.61 Å². The van der Waals surface area contributed by atoms with E-state index >= 15 is 0 Å². The van der Waals surface area contributed by atoms with Crippen LogP contribution in [0.4, 0.5) is 0 Å². The van der Waals surface area contributed by atoms with Crippen molar-refractivity contribution in [3.05, 3.63) is 92.6 Å². The maximum atomic E-state index is 9.11. The van der Waals surface area contributed by atoms with Crippen molar-refractivity contribution in [3.63, 3.8) is 0 Å². The summed E-state index contributed by atoms with van der Waals surface area (Å²) < 4.78 is 12.4. The lowest BCUT2D eigenvalue weighted by atomic mass is 10.1. The van der Waals surface area contributed by atoms with Crippen molar-refractivity contribution in [3.8, 4) is 17.6 Å². The number of halogens is 1. The molecule has 0 heterocycles. The Kier molecular flexibility index (Phi) is 7.47. The first-order chi connectivity index (χ1) is 14.2. The third-order valence-corrected chi connectivity index (χ3v) is 4.91. The number of methoxy groups -OCH3 is 1. The standard InChI is InChI=1S/C23H19IN2O3/c1-27-22-12-18(14-26-29-16-20-10-6-5-9-19(20)13-25)11-21(24)23(22)28-15-17-7-3-2-4-8-17/h2-12,14H,15-16H2,1H3/b26-14-. The van der Waals surface area contributed by atoms with Crippen molar-refractivity contribution >= 4 is 28.8 Å². The quantitative estimate of drug-likeness (QED) is 0.240. The molecule has 3 aromatic rings. The highest BCUT2D eigenvalue weighted by Gasteiger charge is 2.11. The van der Waals surface area contributed by atoms with Crippen LogP contribution in [0.2, 0.25) is 0 Å². The number of hydrogen-bond acceptors (Lipinski definition) is 5. The lowest BCUT2D eigenvalue weighted by Gasteiger charge is -2.13. The zero-order valence-electron chi connectivity index (χ0n) is 15.8. The second-order valence-corrected chi connectivity index (χ2v) is 7.25. The third-order valence-electron chi connectivity index (χ3n) is 4.11. The highest BCUT2D eigenvalue weighted by molar-refractivity contribution is 14.1. The van der Waals surface area contributed by atoms with Crippen molar-refractivity contribution in [1.29, 1.82) is 5.26 Å². The molecule has 0 aliphatic rings. The van der Waals surface area contributed by atoms with E-state index in [9.17, 15) is 0 Å². The molecule has 6 heteroatoms. The average Bonchev–Trinajstić information content (AvgIpc) is 2.76. The fraction of sp³-hybridized carbons (Fsp3) is 0.130. The zero-order chi connectivity index (χ0) is 20.5. The van der Waals surface area contributed by atoms with Gasteiger partial charge in [-0.2, -0.15) is 5.26 Å². The molecule has 0 radical (unpaired) electrons. The summed E-state index contributed by atoms with van der Waals surface area (Å²) in [6.07, 6.45) is 1.61. The van der Waals surface area contributed by atoms with Crippen molar-refractivity contribution in [2.45, 2.75) is 13.2 Å². The first-order valence-electron chi connectivity index (χ1n) is 8.89. The molecule has 0 atom stereocenters. The Hall–Kier alpha value is -3.05. The minimum absolute atomic E-state index is 0.229. The van der Waals surface area contributed by atoms with Crippen LogP contribution in [0, 0.1) is 14.9 Å². The molecular formula is C23H19IN2O3. The van der Waals surface area contributed by atoms with Gasteiger partial charge in [-0.15, -0.1) is 0 Å². The molecule has 0 aliphatic heterocycles. The molecule has 0 spiro atoms. The van der Waals surface area contributed by atoms with E-state index in [1.54, 1.807) is 19.4 Å². The second-order valence-electron chi connectivity index (χ2n) is 6.09. The van der Waals surface area contributed by atoms with Crippen LogP contribution >= 0.6 is 22.6 Å². The van der Waals surface area contributed by atoms with Gasteiger partial charge in [0.25, 0.3) is 0 Å². The van der Waals surface area contributed by atoms with Gasteiger partial charge in [-0.3, -0.25) is 0 Å². The topological polar surface area (TPSA) is 63.8 Å². The summed E-state index contributed by atoms with van der Waals surface area (Å²) in [6.45, 7) is 0.689. The highest BCUT2D eigenvalue weighted by atomic mass is 127. The van der Waals surface area contributed by atoms with Gasteiger partial charge in [-0.25, -0.2) is 0 Å². The first kappa shape index (κ1) is 20.7. The molecule has 0 aromatic heterocycles. The highest BCUT2D eigenvalue weighted by Crippen LogP contribution is 2.34. The number of ether oxygens (including phenoxy) is 2. The van der Waals surface area contributed by atoms with E-state index in [1.165, 1.54) is 0 Å². The summed E-state index contributed by atoms with van der Waals surface area (Å²) in [6, 6.07) is 23.2. The normalized spacial score (nSPS) is 10.5. The van der Waals surface area contributed by atoms with Crippen molar-refractivity contribution in [1.82, 2.24) is 0 Å². The summed E-state index contributed by atoms with van der Waals surface area (Å²) in [5, 5.41) is 13.1. The van der Waals surface area contributed by atoms with Gasteiger partial charge in [0.2, 0.25) is 0 Å². The minimum atomic E-state index is 0.229. The summed E-state index contributed by atoms with van der Waals surface area (Å²) in [4.78, 5) is 5.36. The zero-order valence-corrected chi connectivity index (χ0v) is 18.0. The predicted molar refractivity (Wildman–Crippen MR) is 120 cm³/mol. The lowest BCUT2D eigenvalue weighted by molar-refractivity contribution is 0.132. The van der Waals surface area contributed by atoms with Crippen LogP contribution in [0.3, 0.4) is 0 Å². The van der Waals surface area contributed by atoms with E-state index in [1.807, 2.05) is 60.7 Å². The summed E-state index contributed by atoms with van der Waals surface area (Å²) in [5.74, 6) is 1.32. The van der Waals surface area contributed by atoms with Gasteiger partial charge < -0.3 is 14.3 Å². The van der Waals surface area contributed by atoms with Gasteiger partial charge in [0.05, 0.1) is 28.5 Å². The second kappa shape index (κ2) is 10.5. The van der Waals surface area contributed by atoms with Crippen LogP contribution in [0.25, 0.3) is 0 Å². The Morgan fingerprint density at radius 3 is 2.55 bits per heavy atom. The van der Waals surface area contributed by atoms with E-state index < -0.39 is 0 Å². The van der Waals surface area contributed by atoms with Crippen LogP contribution in [-0.2, 0) is 18.1 Å². The Labute approximate surface area is 183 Å². The Balaban J connectivity index is 1.66. The van der Waals surface area contributed by atoms with Gasteiger partial charge in [-0.05, 0) is 46.4 Å². The van der Waals surface area contributed by atoms with Gasteiger partial charge in [0.15, 0.2) is 11.5 Å². The molecule has 0 unspecified atom stereocenters.